The molecule has 168 valence electrons. The molecule has 4 rings (SSSR count). The van der Waals surface area contributed by atoms with Crippen molar-refractivity contribution in [3.63, 3.8) is 0 Å². The van der Waals surface area contributed by atoms with Gasteiger partial charge in [0, 0.05) is 27.7 Å². The SMILES string of the molecule is O=C(CN(C(=O)c1ccc([N+](=O)[O-])cc1)N1C(=O)[C@H]2CC=CC[C@H]2C1=O)c1ccc(Br)cc1. The molecule has 0 spiro atoms. The Labute approximate surface area is 196 Å². The van der Waals surface area contributed by atoms with Crippen molar-refractivity contribution in [3.8, 4) is 0 Å². The third-order valence-electron chi connectivity index (χ3n) is 5.74. The normalized spacial score (nSPS) is 19.4. The van der Waals surface area contributed by atoms with Crippen molar-refractivity contribution in [3.05, 3.63) is 86.4 Å². The van der Waals surface area contributed by atoms with Gasteiger partial charge in [0.1, 0.15) is 6.54 Å². The summed E-state index contributed by atoms with van der Waals surface area (Å²) >= 11 is 3.29. The summed E-state index contributed by atoms with van der Waals surface area (Å²) in [4.78, 5) is 62.9. The standard InChI is InChI=1S/C23H18BrN3O6/c24-16-9-5-14(6-10-16)20(28)13-25(21(29)15-7-11-17(12-8-15)27(32)33)26-22(30)18-3-1-2-4-19(18)23(26)31/h1-2,5-12,18-19H,3-4,13H2/t18-,19+. The number of non-ortho nitro benzene ring substituents is 1. The third kappa shape index (κ3) is 4.34. The van der Waals surface area contributed by atoms with Crippen LogP contribution in [0.4, 0.5) is 5.69 Å². The van der Waals surface area contributed by atoms with Gasteiger partial charge < -0.3 is 0 Å². The number of hydrazine groups is 1. The molecule has 0 N–H and O–H groups in total. The molecule has 1 fully saturated rings. The van der Waals surface area contributed by atoms with Gasteiger partial charge in [-0.1, -0.05) is 40.2 Å². The first kappa shape index (κ1) is 22.5. The Kier molecular flexibility index (Phi) is 6.19. The van der Waals surface area contributed by atoms with E-state index in [1.165, 1.54) is 12.1 Å². The maximum absolute atomic E-state index is 13.4. The first-order valence-electron chi connectivity index (χ1n) is 10.2. The number of nitro benzene ring substituents is 1. The first-order valence-corrected chi connectivity index (χ1v) is 10.9. The van der Waals surface area contributed by atoms with Gasteiger partial charge in [0.25, 0.3) is 23.4 Å². The molecule has 0 radical (unpaired) electrons. The van der Waals surface area contributed by atoms with E-state index in [1.54, 1.807) is 24.3 Å². The molecule has 0 unspecified atom stereocenters. The van der Waals surface area contributed by atoms with E-state index >= 15 is 0 Å². The van der Waals surface area contributed by atoms with E-state index in [4.69, 9.17) is 0 Å². The highest BCUT2D eigenvalue weighted by Gasteiger charge is 2.51. The average molecular weight is 512 g/mol. The minimum atomic E-state index is -0.774. The lowest BCUT2D eigenvalue weighted by molar-refractivity contribution is -0.384. The zero-order valence-electron chi connectivity index (χ0n) is 17.2. The van der Waals surface area contributed by atoms with E-state index in [-0.39, 0.29) is 11.3 Å². The molecule has 1 aliphatic carbocycles. The van der Waals surface area contributed by atoms with Gasteiger partial charge in [0.05, 0.1) is 16.8 Å². The lowest BCUT2D eigenvalue weighted by Gasteiger charge is -2.30. The Bertz CT molecular complexity index is 1150. The maximum Gasteiger partial charge on any atom is 0.273 e. The zero-order valence-corrected chi connectivity index (χ0v) is 18.8. The fourth-order valence-corrected chi connectivity index (χ4v) is 4.26. The van der Waals surface area contributed by atoms with Crippen LogP contribution in [0, 0.1) is 22.0 Å². The predicted octanol–water partition coefficient (Wildman–Crippen LogP) is 3.55. The second-order valence-electron chi connectivity index (χ2n) is 7.74. The highest BCUT2D eigenvalue weighted by molar-refractivity contribution is 9.10. The van der Waals surface area contributed by atoms with Crippen molar-refractivity contribution in [2.24, 2.45) is 11.8 Å². The number of hydrogen-bond donors (Lipinski definition) is 0. The molecule has 1 heterocycles. The number of nitro groups is 1. The molecule has 33 heavy (non-hydrogen) atoms. The summed E-state index contributed by atoms with van der Waals surface area (Å²) in [6, 6.07) is 11.2. The van der Waals surface area contributed by atoms with Crippen LogP contribution >= 0.6 is 15.9 Å². The monoisotopic (exact) mass is 511 g/mol. The Morgan fingerprint density at radius 2 is 1.45 bits per heavy atom. The number of Topliss-reactive ketones (excluding diaryl/α,β-unsaturated/α-hetero) is 1. The lowest BCUT2D eigenvalue weighted by Crippen LogP contribution is -2.52. The topological polar surface area (TPSA) is 118 Å². The summed E-state index contributed by atoms with van der Waals surface area (Å²) in [7, 11) is 0. The average Bonchev–Trinajstić information content (AvgIpc) is 3.07. The molecule has 1 saturated heterocycles. The molecule has 2 aromatic carbocycles. The quantitative estimate of drug-likeness (QED) is 0.192. The minimum Gasteiger partial charge on any atom is -0.292 e. The summed E-state index contributed by atoms with van der Waals surface area (Å²) in [6.07, 6.45) is 4.41. The van der Waals surface area contributed by atoms with Crippen molar-refractivity contribution in [2.75, 3.05) is 6.54 Å². The number of hydrogen-bond acceptors (Lipinski definition) is 6. The second kappa shape index (κ2) is 9.07. The van der Waals surface area contributed by atoms with Crippen molar-refractivity contribution in [1.29, 1.82) is 0 Å². The number of rotatable bonds is 6. The fraction of sp³-hybridized carbons (Fsp3) is 0.217. The Morgan fingerprint density at radius 3 is 1.97 bits per heavy atom. The zero-order chi connectivity index (χ0) is 23.7. The van der Waals surface area contributed by atoms with Crippen molar-refractivity contribution >= 4 is 45.1 Å². The molecular weight excluding hydrogens is 494 g/mol. The Morgan fingerprint density at radius 1 is 0.939 bits per heavy atom. The smallest absolute Gasteiger partial charge is 0.273 e. The molecule has 2 aromatic rings. The third-order valence-corrected chi connectivity index (χ3v) is 6.27. The van der Waals surface area contributed by atoms with Gasteiger partial charge in [0.15, 0.2) is 5.78 Å². The Balaban J connectivity index is 1.68. The van der Waals surface area contributed by atoms with Gasteiger partial charge >= 0.3 is 0 Å². The number of benzene rings is 2. The highest BCUT2D eigenvalue weighted by Crippen LogP contribution is 2.36. The van der Waals surface area contributed by atoms with Crippen LogP contribution in [0.5, 0.6) is 0 Å². The largest absolute Gasteiger partial charge is 0.292 e. The number of carbonyl (C=O) groups excluding carboxylic acids is 4. The first-order chi connectivity index (χ1) is 15.8. The van der Waals surface area contributed by atoms with Gasteiger partial charge in [-0.25, -0.2) is 5.01 Å². The molecule has 0 aromatic heterocycles. The summed E-state index contributed by atoms with van der Waals surface area (Å²) in [5.74, 6) is -3.48. The molecule has 10 heteroatoms. The van der Waals surface area contributed by atoms with E-state index in [2.05, 4.69) is 15.9 Å². The molecule has 0 saturated carbocycles. The molecule has 3 amide bonds. The fourth-order valence-electron chi connectivity index (χ4n) is 3.99. The predicted molar refractivity (Wildman–Crippen MR) is 120 cm³/mol. The number of ketones is 1. The summed E-state index contributed by atoms with van der Waals surface area (Å²) in [6.45, 7) is -0.540. The molecule has 2 aliphatic rings. The van der Waals surface area contributed by atoms with Crippen LogP contribution in [-0.2, 0) is 9.59 Å². The van der Waals surface area contributed by atoms with E-state index in [1.807, 2.05) is 12.2 Å². The molecule has 0 bridgehead atoms. The van der Waals surface area contributed by atoms with Crippen molar-refractivity contribution < 1.29 is 24.1 Å². The van der Waals surface area contributed by atoms with Gasteiger partial charge in [-0.3, -0.25) is 29.3 Å². The number of allylic oxidation sites excluding steroid dienone is 2. The number of imide groups is 1. The van der Waals surface area contributed by atoms with Crippen molar-refractivity contribution in [2.45, 2.75) is 12.8 Å². The van der Waals surface area contributed by atoms with Gasteiger partial charge in [0.2, 0.25) is 0 Å². The van der Waals surface area contributed by atoms with Crippen LogP contribution in [0.15, 0.2) is 65.2 Å². The summed E-state index contributed by atoms with van der Waals surface area (Å²) in [5.41, 5.74) is 0.102. The van der Waals surface area contributed by atoms with Crippen LogP contribution < -0.4 is 0 Å². The number of carbonyl (C=O) groups is 4. The lowest BCUT2D eigenvalue weighted by atomic mass is 9.85. The van der Waals surface area contributed by atoms with E-state index in [0.717, 1.165) is 26.6 Å². The Hall–Kier alpha value is -3.66. The number of nitrogens with zero attached hydrogens (tertiary/aromatic N) is 3. The molecular formula is C23H18BrN3O6. The molecule has 2 atom stereocenters. The van der Waals surface area contributed by atoms with E-state index < -0.39 is 46.8 Å². The van der Waals surface area contributed by atoms with Crippen LogP contribution in [-0.4, -0.2) is 45.0 Å². The van der Waals surface area contributed by atoms with Gasteiger partial charge in [-0.05, 0) is 37.1 Å². The number of halogens is 1. The summed E-state index contributed by atoms with van der Waals surface area (Å²) in [5, 5.41) is 12.6. The maximum atomic E-state index is 13.4. The van der Waals surface area contributed by atoms with E-state index in [0.29, 0.717) is 18.4 Å². The van der Waals surface area contributed by atoms with Crippen LogP contribution in [0.25, 0.3) is 0 Å². The van der Waals surface area contributed by atoms with Crippen LogP contribution in [0.2, 0.25) is 0 Å². The van der Waals surface area contributed by atoms with Gasteiger partial charge in [-0.15, -0.1) is 0 Å². The highest BCUT2D eigenvalue weighted by atomic mass is 79.9. The van der Waals surface area contributed by atoms with E-state index in [9.17, 15) is 29.3 Å². The summed E-state index contributed by atoms with van der Waals surface area (Å²) < 4.78 is 0.763. The van der Waals surface area contributed by atoms with Gasteiger partial charge in [-0.2, -0.15) is 5.01 Å². The minimum absolute atomic E-state index is 0.0119. The second-order valence-corrected chi connectivity index (χ2v) is 8.66. The van der Waals surface area contributed by atoms with Crippen LogP contribution in [0.1, 0.15) is 33.6 Å². The number of fused-ring (bicyclic) bond motifs is 1. The molecule has 9 nitrogen and oxygen atoms in total. The number of amides is 3. The van der Waals surface area contributed by atoms with Crippen LogP contribution in [0.3, 0.4) is 0 Å². The van der Waals surface area contributed by atoms with Crippen molar-refractivity contribution in [1.82, 2.24) is 10.0 Å². The molecule has 1 aliphatic heterocycles.